The Bertz CT molecular complexity index is 570. The maximum atomic E-state index is 4.81. The average Bonchev–Trinajstić information content (AvgIpc) is 2.42. The van der Waals surface area contributed by atoms with Crippen LogP contribution in [0.25, 0.3) is 4.91 Å². The van der Waals surface area contributed by atoms with E-state index < -0.39 is 0 Å². The van der Waals surface area contributed by atoms with E-state index in [9.17, 15) is 0 Å². The highest BCUT2D eigenvalue weighted by atomic mass is 127. The molecule has 2 nitrogen and oxygen atoms in total. The van der Waals surface area contributed by atoms with E-state index in [4.69, 9.17) is 4.99 Å². The Morgan fingerprint density at radius 3 is 2.67 bits per heavy atom. The number of nitrogens with zero attached hydrogens (tertiary/aromatic N) is 1. The smallest absolute Gasteiger partial charge is 0.166 e. The van der Waals surface area contributed by atoms with E-state index in [1.807, 2.05) is 0 Å². The minimum absolute atomic E-state index is 0.0679. The normalized spacial score (nSPS) is 19.2. The molecule has 0 spiro atoms. The summed E-state index contributed by atoms with van der Waals surface area (Å²) in [5.41, 5.74) is 2.40. The Balaban J connectivity index is 2.42. The van der Waals surface area contributed by atoms with Crippen LogP contribution in [0.3, 0.4) is 0 Å². The molecular weight excluding hydrogens is 391 g/mol. The molecule has 0 radical (unpaired) electrons. The summed E-state index contributed by atoms with van der Waals surface area (Å²) < 4.78 is 1.44. The Kier molecular flexibility index (Phi) is 5.77. The number of halogens is 1. The number of nitrogens with one attached hydrogen (secondary N) is 1. The summed E-state index contributed by atoms with van der Waals surface area (Å²) in [6, 6.07) is 8.52. The molecule has 0 saturated carbocycles. The SMILES string of the molecule is CCCC/C(I)=C1\SC(=NC(C)(C)C)Nc2ccccc21. The van der Waals surface area contributed by atoms with Gasteiger partial charge < -0.3 is 5.32 Å². The number of fused-ring (bicyclic) bond motifs is 1. The summed E-state index contributed by atoms with van der Waals surface area (Å²) >= 11 is 4.27. The van der Waals surface area contributed by atoms with Gasteiger partial charge in [0, 0.05) is 19.7 Å². The summed E-state index contributed by atoms with van der Waals surface area (Å²) in [6.45, 7) is 8.64. The molecule has 1 heterocycles. The number of amidine groups is 1. The number of hydrogen-bond donors (Lipinski definition) is 1. The highest BCUT2D eigenvalue weighted by Crippen LogP contribution is 2.43. The zero-order valence-electron chi connectivity index (χ0n) is 13.2. The van der Waals surface area contributed by atoms with Crippen molar-refractivity contribution in [3.63, 3.8) is 0 Å². The monoisotopic (exact) mass is 414 g/mol. The van der Waals surface area contributed by atoms with Crippen LogP contribution in [-0.2, 0) is 0 Å². The Hall–Kier alpha value is -0.490. The van der Waals surface area contributed by atoms with Crippen molar-refractivity contribution in [2.24, 2.45) is 4.99 Å². The second-order valence-electron chi connectivity index (χ2n) is 6.20. The second kappa shape index (κ2) is 7.18. The number of rotatable bonds is 3. The third-order valence-corrected chi connectivity index (χ3v) is 5.55. The quantitative estimate of drug-likeness (QED) is 0.588. The molecule has 1 aliphatic heterocycles. The molecule has 1 aromatic rings. The first-order valence-electron chi connectivity index (χ1n) is 7.43. The molecule has 1 aliphatic rings. The van der Waals surface area contributed by atoms with E-state index in [0.29, 0.717) is 0 Å². The minimum Gasteiger partial charge on any atom is -0.334 e. The lowest BCUT2D eigenvalue weighted by atomic mass is 10.1. The van der Waals surface area contributed by atoms with Gasteiger partial charge in [0.1, 0.15) is 0 Å². The third kappa shape index (κ3) is 4.74. The van der Waals surface area contributed by atoms with Crippen LogP contribution in [-0.4, -0.2) is 10.7 Å². The van der Waals surface area contributed by atoms with Gasteiger partial charge in [0.2, 0.25) is 0 Å². The molecule has 0 amide bonds. The zero-order valence-corrected chi connectivity index (χ0v) is 16.1. The summed E-state index contributed by atoms with van der Waals surface area (Å²) in [4.78, 5) is 6.17. The predicted octanol–water partition coefficient (Wildman–Crippen LogP) is 6.29. The maximum absolute atomic E-state index is 4.81. The van der Waals surface area contributed by atoms with Gasteiger partial charge in [-0.2, -0.15) is 0 Å². The third-order valence-electron chi connectivity index (χ3n) is 3.05. The van der Waals surface area contributed by atoms with Gasteiger partial charge in [-0.25, -0.2) is 0 Å². The van der Waals surface area contributed by atoms with E-state index in [-0.39, 0.29) is 5.54 Å². The summed E-state index contributed by atoms with van der Waals surface area (Å²) in [7, 11) is 0. The molecule has 1 aromatic carbocycles. The number of hydrogen-bond acceptors (Lipinski definition) is 2. The minimum atomic E-state index is -0.0679. The number of anilines is 1. The fourth-order valence-corrected chi connectivity index (χ4v) is 4.26. The van der Waals surface area contributed by atoms with Gasteiger partial charge in [0.05, 0.1) is 5.54 Å². The van der Waals surface area contributed by atoms with Gasteiger partial charge in [-0.3, -0.25) is 4.99 Å². The van der Waals surface area contributed by atoms with Crippen molar-refractivity contribution in [2.75, 3.05) is 5.32 Å². The molecule has 0 aromatic heterocycles. The average molecular weight is 414 g/mol. The van der Waals surface area contributed by atoms with Crippen molar-refractivity contribution in [2.45, 2.75) is 52.5 Å². The predicted molar refractivity (Wildman–Crippen MR) is 105 cm³/mol. The lowest BCUT2D eigenvalue weighted by Gasteiger charge is -2.25. The van der Waals surface area contributed by atoms with Crippen molar-refractivity contribution in [3.8, 4) is 0 Å². The van der Waals surface area contributed by atoms with Crippen LogP contribution >= 0.6 is 34.4 Å². The van der Waals surface area contributed by atoms with E-state index >= 15 is 0 Å². The van der Waals surface area contributed by atoms with Crippen molar-refractivity contribution < 1.29 is 0 Å². The molecule has 1 N–H and O–H groups in total. The molecule has 0 atom stereocenters. The maximum Gasteiger partial charge on any atom is 0.166 e. The van der Waals surface area contributed by atoms with Gasteiger partial charge in [0.25, 0.3) is 0 Å². The molecule has 0 fully saturated rings. The van der Waals surface area contributed by atoms with E-state index in [0.717, 1.165) is 11.6 Å². The van der Waals surface area contributed by atoms with Gasteiger partial charge in [-0.05, 0) is 62.3 Å². The first-order valence-corrected chi connectivity index (χ1v) is 9.33. The summed E-state index contributed by atoms with van der Waals surface area (Å²) in [6.07, 6.45) is 3.62. The van der Waals surface area contributed by atoms with Crippen molar-refractivity contribution in [1.29, 1.82) is 0 Å². The Morgan fingerprint density at radius 1 is 1.29 bits per heavy atom. The van der Waals surface area contributed by atoms with Crippen LogP contribution < -0.4 is 5.32 Å². The van der Waals surface area contributed by atoms with Gasteiger partial charge in [-0.1, -0.05) is 43.3 Å². The molecule has 114 valence electrons. The number of para-hydroxylation sites is 1. The first-order chi connectivity index (χ1) is 9.90. The van der Waals surface area contributed by atoms with Crippen molar-refractivity contribution in [3.05, 3.63) is 33.4 Å². The number of aliphatic imine (C=N–C) groups is 1. The summed E-state index contributed by atoms with van der Waals surface area (Å²) in [5, 5.41) is 4.47. The molecule has 21 heavy (non-hydrogen) atoms. The lowest BCUT2D eigenvalue weighted by Crippen LogP contribution is -2.20. The van der Waals surface area contributed by atoms with Crippen molar-refractivity contribution >= 4 is 50.1 Å². The van der Waals surface area contributed by atoms with Crippen LogP contribution in [0.2, 0.25) is 0 Å². The standard InChI is InChI=1S/C17H23IN2S/c1-5-6-10-13(18)15-12-9-7-8-11-14(12)19-16(21-15)20-17(2,3)4/h7-9,11H,5-6,10H2,1-4H3,(H,19,20)/b15-13+. The summed E-state index contributed by atoms with van der Waals surface area (Å²) in [5.74, 6) is 0. The first kappa shape index (κ1) is 16.9. The Morgan fingerprint density at radius 2 is 2.00 bits per heavy atom. The van der Waals surface area contributed by atoms with E-state index in [1.165, 1.54) is 32.6 Å². The molecule has 2 rings (SSSR count). The van der Waals surface area contributed by atoms with Crippen molar-refractivity contribution in [1.82, 2.24) is 0 Å². The van der Waals surface area contributed by atoms with Crippen LogP contribution in [0.15, 0.2) is 32.8 Å². The van der Waals surface area contributed by atoms with Crippen LogP contribution in [0.5, 0.6) is 0 Å². The zero-order chi connectivity index (χ0) is 15.5. The van der Waals surface area contributed by atoms with Gasteiger partial charge in [0.15, 0.2) is 5.17 Å². The number of allylic oxidation sites excluding steroid dienone is 1. The fraction of sp³-hybridized carbons (Fsp3) is 0.471. The van der Waals surface area contributed by atoms with E-state index in [2.05, 4.69) is 79.9 Å². The van der Waals surface area contributed by atoms with Gasteiger partial charge in [-0.15, -0.1) is 0 Å². The fourth-order valence-electron chi connectivity index (χ4n) is 2.08. The molecule has 0 saturated heterocycles. The van der Waals surface area contributed by atoms with Crippen LogP contribution in [0.4, 0.5) is 5.69 Å². The molecule has 0 bridgehead atoms. The molecule has 4 heteroatoms. The van der Waals surface area contributed by atoms with E-state index in [1.54, 1.807) is 11.8 Å². The van der Waals surface area contributed by atoms with Crippen LogP contribution in [0, 0.1) is 0 Å². The largest absolute Gasteiger partial charge is 0.334 e. The van der Waals surface area contributed by atoms with Crippen LogP contribution in [0.1, 0.15) is 52.5 Å². The molecular formula is C17H23IN2S. The molecule has 0 aliphatic carbocycles. The number of benzene rings is 1. The Labute approximate surface area is 146 Å². The second-order valence-corrected chi connectivity index (χ2v) is 8.50. The number of unbranched alkanes of at least 4 members (excludes halogenated alkanes) is 1. The topological polar surface area (TPSA) is 24.4 Å². The van der Waals surface area contributed by atoms with Gasteiger partial charge >= 0.3 is 0 Å². The molecule has 0 unspecified atom stereocenters. The number of thioether (sulfide) groups is 1. The highest BCUT2D eigenvalue weighted by Gasteiger charge is 2.22. The highest BCUT2D eigenvalue weighted by molar-refractivity contribution is 14.1. The lowest BCUT2D eigenvalue weighted by molar-refractivity contribution is 0.585.